The van der Waals surface area contributed by atoms with E-state index in [9.17, 15) is 14.7 Å². The Morgan fingerprint density at radius 3 is 2.27 bits per heavy atom. The minimum absolute atomic E-state index is 0.0483. The molecule has 212 valence electrons. The molecular weight excluding hydrogens is 510 g/mol. The van der Waals surface area contributed by atoms with Crippen LogP contribution < -0.4 is 16.4 Å². The van der Waals surface area contributed by atoms with E-state index in [1.54, 1.807) is 24.3 Å². The fraction of sp³-hybridized carbons (Fsp3) is 0.429. The summed E-state index contributed by atoms with van der Waals surface area (Å²) < 4.78 is 0. The van der Waals surface area contributed by atoms with Gasteiger partial charge >= 0.3 is 0 Å². The summed E-state index contributed by atoms with van der Waals surface area (Å²) in [6.07, 6.45) is 8.69. The van der Waals surface area contributed by atoms with Gasteiger partial charge in [-0.3, -0.25) is 9.59 Å². The number of nitrogen functional groups attached to an aromatic ring is 1. The third kappa shape index (κ3) is 4.58. The highest BCUT2D eigenvalue weighted by Gasteiger charge is 2.77. The van der Waals surface area contributed by atoms with Gasteiger partial charge in [-0.15, -0.1) is 0 Å². The largest absolute Gasteiger partial charge is 0.508 e. The monoisotopic (exact) mass is 549 g/mol. The number of hydrogen-bond acceptors (Lipinski definition) is 4. The van der Waals surface area contributed by atoms with Gasteiger partial charge in [0, 0.05) is 16.8 Å². The molecule has 0 heterocycles. The van der Waals surface area contributed by atoms with E-state index >= 15 is 0 Å². The molecule has 6 heteroatoms. The zero-order chi connectivity index (χ0) is 28.2. The predicted octanol–water partition coefficient (Wildman–Crippen LogP) is 5.19. The molecule has 4 fully saturated rings. The van der Waals surface area contributed by atoms with E-state index in [1.807, 2.05) is 36.4 Å². The van der Waals surface area contributed by atoms with Crippen molar-refractivity contribution in [3.05, 3.63) is 95.1 Å². The third-order valence-electron chi connectivity index (χ3n) is 10.9. The number of hydrogen-bond donors (Lipinski definition) is 4. The Kier molecular flexibility index (Phi) is 6.33. The van der Waals surface area contributed by atoms with Crippen LogP contribution >= 0.6 is 0 Å². The molecule has 41 heavy (non-hydrogen) atoms. The summed E-state index contributed by atoms with van der Waals surface area (Å²) in [7, 11) is 0. The molecule has 0 radical (unpaired) electrons. The number of nitrogens with two attached hydrogens (primary N) is 1. The van der Waals surface area contributed by atoms with Gasteiger partial charge in [0.15, 0.2) is 0 Å². The summed E-state index contributed by atoms with van der Waals surface area (Å²) in [5.41, 5.74) is 11.0. The van der Waals surface area contributed by atoms with Crippen LogP contribution in [0.2, 0.25) is 0 Å². The molecule has 2 amide bonds. The van der Waals surface area contributed by atoms with Crippen LogP contribution in [0.3, 0.4) is 0 Å². The highest BCUT2D eigenvalue weighted by Crippen LogP contribution is 2.82. The first-order valence-electron chi connectivity index (χ1n) is 15.2. The average molecular weight is 550 g/mol. The molecule has 2 bridgehead atoms. The van der Waals surface area contributed by atoms with E-state index < -0.39 is 6.04 Å². The summed E-state index contributed by atoms with van der Waals surface area (Å²) in [5, 5.41) is 16.2. The molecule has 0 saturated heterocycles. The van der Waals surface area contributed by atoms with E-state index in [0.29, 0.717) is 35.9 Å². The van der Waals surface area contributed by atoms with Crippen LogP contribution in [-0.2, 0) is 24.1 Å². The molecule has 3 aromatic carbocycles. The number of phenols is 1. The minimum atomic E-state index is -0.611. The molecule has 7 rings (SSSR count). The second-order valence-electron chi connectivity index (χ2n) is 13.2. The van der Waals surface area contributed by atoms with Crippen molar-refractivity contribution in [2.45, 2.75) is 69.4 Å². The molecule has 3 aromatic rings. The van der Waals surface area contributed by atoms with Crippen molar-refractivity contribution in [2.24, 2.45) is 23.2 Å². The zero-order valence-electron chi connectivity index (χ0n) is 23.4. The van der Waals surface area contributed by atoms with E-state index in [2.05, 4.69) is 22.8 Å². The van der Waals surface area contributed by atoms with Crippen LogP contribution in [0.15, 0.2) is 72.8 Å². The van der Waals surface area contributed by atoms with Gasteiger partial charge in [0.1, 0.15) is 11.8 Å². The number of anilines is 1. The van der Waals surface area contributed by atoms with E-state index in [-0.39, 0.29) is 23.1 Å². The zero-order valence-corrected chi connectivity index (χ0v) is 23.4. The summed E-state index contributed by atoms with van der Waals surface area (Å²) in [4.78, 5) is 27.4. The van der Waals surface area contributed by atoms with Crippen molar-refractivity contribution < 1.29 is 14.7 Å². The number of aromatic hydroxyl groups is 1. The van der Waals surface area contributed by atoms with Gasteiger partial charge in [0.2, 0.25) is 5.91 Å². The number of amides is 2. The number of fused-ring (bicyclic) bond motifs is 1. The van der Waals surface area contributed by atoms with Crippen LogP contribution in [0.5, 0.6) is 5.75 Å². The van der Waals surface area contributed by atoms with Gasteiger partial charge in [0.25, 0.3) is 5.91 Å². The normalized spacial score (nSPS) is 29.1. The van der Waals surface area contributed by atoms with Crippen molar-refractivity contribution in [2.75, 3.05) is 5.73 Å². The van der Waals surface area contributed by atoms with Gasteiger partial charge in [-0.25, -0.2) is 0 Å². The van der Waals surface area contributed by atoms with Crippen LogP contribution in [-0.4, -0.2) is 28.5 Å². The van der Waals surface area contributed by atoms with Gasteiger partial charge < -0.3 is 21.5 Å². The first-order chi connectivity index (χ1) is 19.8. The maximum Gasteiger partial charge on any atom is 0.251 e. The van der Waals surface area contributed by atoms with Crippen LogP contribution in [0.25, 0.3) is 0 Å². The molecule has 6 nitrogen and oxygen atoms in total. The molecule has 0 aliphatic heterocycles. The van der Waals surface area contributed by atoms with Crippen LogP contribution in [0.1, 0.15) is 65.6 Å². The summed E-state index contributed by atoms with van der Waals surface area (Å²) in [5.74, 6) is 2.40. The van der Waals surface area contributed by atoms with Crippen LogP contribution in [0.4, 0.5) is 5.69 Å². The van der Waals surface area contributed by atoms with Crippen LogP contribution in [0, 0.1) is 23.2 Å². The van der Waals surface area contributed by atoms with Gasteiger partial charge in [-0.2, -0.15) is 0 Å². The van der Waals surface area contributed by atoms with Crippen molar-refractivity contribution in [1.29, 1.82) is 0 Å². The van der Waals surface area contributed by atoms with Crippen molar-refractivity contribution in [3.63, 3.8) is 0 Å². The van der Waals surface area contributed by atoms with Crippen molar-refractivity contribution >= 4 is 17.5 Å². The molecule has 4 saturated carbocycles. The molecule has 4 aliphatic carbocycles. The third-order valence-corrected chi connectivity index (χ3v) is 10.9. The number of aryl methyl sites for hydroxylation is 3. The second-order valence-corrected chi connectivity index (χ2v) is 13.2. The predicted molar refractivity (Wildman–Crippen MR) is 159 cm³/mol. The lowest BCUT2D eigenvalue weighted by molar-refractivity contribution is -0.176. The number of carbonyl (C=O) groups excluding carboxylic acids is 2. The second kappa shape index (κ2) is 9.93. The van der Waals surface area contributed by atoms with Crippen molar-refractivity contribution in [1.82, 2.24) is 10.6 Å². The number of nitrogens with one attached hydrogen (secondary N) is 2. The Labute approximate surface area is 241 Å². The lowest BCUT2D eigenvalue weighted by Crippen LogP contribution is -2.60. The quantitative estimate of drug-likeness (QED) is 0.262. The number of phenolic OH excluding ortho intramolecular Hbond substituents is 1. The Morgan fingerprint density at radius 1 is 0.878 bits per heavy atom. The Bertz CT molecular complexity index is 1450. The molecule has 3 unspecified atom stereocenters. The first kappa shape index (κ1) is 26.1. The summed E-state index contributed by atoms with van der Waals surface area (Å²) in [6.45, 7) is 0. The SMILES string of the molecule is Nc1ccc(C(=O)NC(CCc2ccccc2)C(=O)NC23CC4CC5CC(C2)C54C3)cc1CCc1ccc(O)cc1. The fourth-order valence-electron chi connectivity index (χ4n) is 8.94. The standard InChI is InChI=1S/C35H39N3O3/c36-30-14-11-25(16-24(30)10-6-23-7-12-29(39)13-8-23)32(40)37-31(15-9-22-4-2-1-3-5-22)33(41)38-34-19-27-17-26-18-28(20-34)35(26,27)21-34/h1-5,7-8,11-14,16,26-28,31,39H,6,9-10,15,17-21,36H2,(H,37,40)(H,38,41). The highest BCUT2D eigenvalue weighted by molar-refractivity contribution is 5.98. The fourth-order valence-corrected chi connectivity index (χ4v) is 8.94. The van der Waals surface area contributed by atoms with Gasteiger partial charge in [0.05, 0.1) is 0 Å². The lowest BCUT2D eigenvalue weighted by atomic mass is 9.38. The molecule has 5 N–H and O–H groups in total. The maximum absolute atomic E-state index is 13.9. The summed E-state index contributed by atoms with van der Waals surface area (Å²) >= 11 is 0. The lowest BCUT2D eigenvalue weighted by Gasteiger charge is -2.66. The smallest absolute Gasteiger partial charge is 0.251 e. The topological polar surface area (TPSA) is 104 Å². The minimum Gasteiger partial charge on any atom is -0.508 e. The molecule has 4 aliphatic rings. The van der Waals surface area contributed by atoms with Gasteiger partial charge in [-0.05, 0) is 128 Å². The molecule has 1 spiro atoms. The first-order valence-corrected chi connectivity index (χ1v) is 15.2. The van der Waals surface area contributed by atoms with Gasteiger partial charge in [-0.1, -0.05) is 42.5 Å². The highest BCUT2D eigenvalue weighted by atomic mass is 16.3. The van der Waals surface area contributed by atoms with E-state index in [0.717, 1.165) is 60.1 Å². The Balaban J connectivity index is 1.06. The van der Waals surface area contributed by atoms with E-state index in [1.165, 1.54) is 12.8 Å². The Morgan fingerprint density at radius 2 is 1.59 bits per heavy atom. The number of rotatable bonds is 10. The summed E-state index contributed by atoms with van der Waals surface area (Å²) in [6, 6.07) is 22.0. The number of carbonyl (C=O) groups is 2. The molecule has 3 atom stereocenters. The Hall–Kier alpha value is -3.80. The van der Waals surface area contributed by atoms with E-state index in [4.69, 9.17) is 5.73 Å². The van der Waals surface area contributed by atoms with Crippen molar-refractivity contribution in [3.8, 4) is 5.75 Å². The molecular formula is C35H39N3O3. The average Bonchev–Trinajstić information content (AvgIpc) is 3.43. The number of benzene rings is 3. The molecule has 0 aromatic heterocycles. The maximum atomic E-state index is 13.9.